The van der Waals surface area contributed by atoms with Crippen molar-refractivity contribution in [3.63, 3.8) is 0 Å². The van der Waals surface area contributed by atoms with Crippen LogP contribution >= 0.6 is 0 Å². The van der Waals surface area contributed by atoms with E-state index in [-0.39, 0.29) is 17.9 Å². The fraction of sp³-hybridized carbons (Fsp3) is 0.529. The van der Waals surface area contributed by atoms with Gasteiger partial charge in [-0.1, -0.05) is 6.07 Å². The van der Waals surface area contributed by atoms with Crippen LogP contribution in [-0.4, -0.2) is 43.1 Å². The second-order valence-corrected chi connectivity index (χ2v) is 6.36. The van der Waals surface area contributed by atoms with Gasteiger partial charge >= 0.3 is 6.03 Å². The number of methoxy groups -OCH3 is 1. The summed E-state index contributed by atoms with van der Waals surface area (Å²) in [5, 5.41) is 5.71. The number of nitrogens with one attached hydrogen (secondary N) is 2. The molecule has 1 saturated heterocycles. The minimum absolute atomic E-state index is 0.209. The molecule has 1 aliphatic heterocycles. The maximum absolute atomic E-state index is 12.1. The van der Waals surface area contributed by atoms with Gasteiger partial charge in [-0.3, -0.25) is 4.79 Å². The number of likely N-dealkylation sites (tertiary alicyclic amines) is 1. The molecule has 1 aromatic carbocycles. The maximum Gasteiger partial charge on any atom is 0.319 e. The molecule has 1 aliphatic carbocycles. The van der Waals surface area contributed by atoms with E-state index in [1.54, 1.807) is 13.2 Å². The summed E-state index contributed by atoms with van der Waals surface area (Å²) in [5.41, 5.74) is 1.70. The molecule has 0 aromatic heterocycles. The molecule has 0 radical (unpaired) electrons. The zero-order valence-corrected chi connectivity index (χ0v) is 13.6. The van der Waals surface area contributed by atoms with E-state index < -0.39 is 0 Å². The summed E-state index contributed by atoms with van der Waals surface area (Å²) in [4.78, 5) is 25.9. The molecule has 124 valence electrons. The van der Waals surface area contributed by atoms with Crippen LogP contribution in [0.25, 0.3) is 0 Å². The molecular weight excluding hydrogens is 294 g/mol. The first kappa shape index (κ1) is 15.6. The number of nitrogens with zero attached hydrogens (tertiary/aromatic N) is 1. The molecular formula is C17H23N3O3. The van der Waals surface area contributed by atoms with Gasteiger partial charge in [-0.05, 0) is 31.4 Å². The number of anilines is 1. The standard InChI is InChI=1S/C17H23N3O3/c1-11-3-6-14(23-2)8-15(11)19-17(22)18-9-12-7-16(21)20(10-12)13-4-5-13/h3,6,8,12-13H,4-5,7,9-10H2,1-2H3,(H2,18,19,22). The SMILES string of the molecule is COc1ccc(C)c(NC(=O)NCC2CC(=O)N(C3CC3)C2)c1. The van der Waals surface area contributed by atoms with Gasteiger partial charge in [0.2, 0.25) is 5.91 Å². The highest BCUT2D eigenvalue weighted by Crippen LogP contribution is 2.32. The van der Waals surface area contributed by atoms with Crippen LogP contribution in [0.2, 0.25) is 0 Å². The second-order valence-electron chi connectivity index (χ2n) is 6.36. The molecule has 1 heterocycles. The van der Waals surface area contributed by atoms with Crippen LogP contribution in [0, 0.1) is 12.8 Å². The summed E-state index contributed by atoms with van der Waals surface area (Å²) in [7, 11) is 1.59. The molecule has 6 heteroatoms. The maximum atomic E-state index is 12.1. The Labute approximate surface area is 136 Å². The number of carbonyl (C=O) groups excluding carboxylic acids is 2. The van der Waals surface area contributed by atoms with Crippen molar-refractivity contribution in [1.82, 2.24) is 10.2 Å². The van der Waals surface area contributed by atoms with Crippen molar-refractivity contribution < 1.29 is 14.3 Å². The van der Waals surface area contributed by atoms with E-state index in [0.717, 1.165) is 30.6 Å². The first-order chi connectivity index (χ1) is 11.1. The van der Waals surface area contributed by atoms with Crippen molar-refractivity contribution in [3.8, 4) is 5.75 Å². The van der Waals surface area contributed by atoms with Crippen molar-refractivity contribution in [1.29, 1.82) is 0 Å². The van der Waals surface area contributed by atoms with Crippen LogP contribution in [0.1, 0.15) is 24.8 Å². The Bertz CT molecular complexity index is 613. The third kappa shape index (κ3) is 3.75. The molecule has 1 saturated carbocycles. The van der Waals surface area contributed by atoms with E-state index in [1.807, 2.05) is 24.0 Å². The summed E-state index contributed by atoms with van der Waals surface area (Å²) in [6, 6.07) is 5.76. The van der Waals surface area contributed by atoms with Gasteiger partial charge in [-0.15, -0.1) is 0 Å². The quantitative estimate of drug-likeness (QED) is 0.874. The Morgan fingerprint density at radius 1 is 1.39 bits per heavy atom. The van der Waals surface area contributed by atoms with Gasteiger partial charge in [0.25, 0.3) is 0 Å². The van der Waals surface area contributed by atoms with E-state index in [9.17, 15) is 9.59 Å². The lowest BCUT2D eigenvalue weighted by atomic mass is 10.1. The summed E-state index contributed by atoms with van der Waals surface area (Å²) in [6.45, 7) is 3.21. The van der Waals surface area contributed by atoms with E-state index in [4.69, 9.17) is 4.74 Å². The van der Waals surface area contributed by atoms with E-state index in [1.165, 1.54) is 0 Å². The van der Waals surface area contributed by atoms with Crippen LogP contribution in [0.5, 0.6) is 5.75 Å². The largest absolute Gasteiger partial charge is 0.497 e. The predicted octanol–water partition coefficient (Wildman–Crippen LogP) is 2.14. The van der Waals surface area contributed by atoms with E-state index in [2.05, 4.69) is 10.6 Å². The van der Waals surface area contributed by atoms with Crippen LogP contribution in [0.15, 0.2) is 18.2 Å². The molecule has 1 unspecified atom stereocenters. The number of hydrogen-bond donors (Lipinski definition) is 2. The number of rotatable bonds is 5. The predicted molar refractivity (Wildman–Crippen MR) is 87.6 cm³/mol. The third-order valence-electron chi connectivity index (χ3n) is 4.47. The molecule has 23 heavy (non-hydrogen) atoms. The second kappa shape index (κ2) is 6.48. The number of ether oxygens (including phenoxy) is 1. The number of hydrogen-bond acceptors (Lipinski definition) is 3. The monoisotopic (exact) mass is 317 g/mol. The van der Waals surface area contributed by atoms with Gasteiger partial charge in [0.15, 0.2) is 0 Å². The van der Waals surface area contributed by atoms with Crippen molar-refractivity contribution >= 4 is 17.6 Å². The molecule has 6 nitrogen and oxygen atoms in total. The normalized spacial score (nSPS) is 20.5. The summed E-state index contributed by atoms with van der Waals surface area (Å²) in [5.74, 6) is 1.14. The minimum atomic E-state index is -0.251. The zero-order valence-electron chi connectivity index (χ0n) is 13.6. The highest BCUT2D eigenvalue weighted by Gasteiger charge is 2.39. The van der Waals surface area contributed by atoms with Gasteiger partial charge < -0.3 is 20.3 Å². The number of amides is 3. The minimum Gasteiger partial charge on any atom is -0.497 e. The molecule has 2 aliphatic rings. The summed E-state index contributed by atoms with van der Waals surface area (Å²) < 4.78 is 5.17. The van der Waals surface area contributed by atoms with Crippen molar-refractivity contribution in [3.05, 3.63) is 23.8 Å². The molecule has 0 spiro atoms. The van der Waals surface area contributed by atoms with Gasteiger partial charge in [0.1, 0.15) is 5.75 Å². The van der Waals surface area contributed by atoms with Gasteiger partial charge in [0.05, 0.1) is 7.11 Å². The molecule has 0 bridgehead atoms. The average Bonchev–Trinajstić information content (AvgIpc) is 3.31. The molecule has 2 N–H and O–H groups in total. The smallest absolute Gasteiger partial charge is 0.319 e. The topological polar surface area (TPSA) is 70.7 Å². The number of aryl methyl sites for hydroxylation is 1. The Balaban J connectivity index is 1.49. The highest BCUT2D eigenvalue weighted by molar-refractivity contribution is 5.90. The first-order valence-electron chi connectivity index (χ1n) is 8.06. The Hall–Kier alpha value is -2.24. The van der Waals surface area contributed by atoms with Crippen LogP contribution in [-0.2, 0) is 4.79 Å². The number of urea groups is 1. The molecule has 3 rings (SSSR count). The zero-order chi connectivity index (χ0) is 16.4. The van der Waals surface area contributed by atoms with Crippen LogP contribution in [0.3, 0.4) is 0 Å². The van der Waals surface area contributed by atoms with Gasteiger partial charge in [0, 0.05) is 43.2 Å². The lowest BCUT2D eigenvalue weighted by Gasteiger charge is -2.16. The number of benzene rings is 1. The van der Waals surface area contributed by atoms with E-state index in [0.29, 0.717) is 24.8 Å². The Kier molecular flexibility index (Phi) is 4.41. The van der Waals surface area contributed by atoms with E-state index >= 15 is 0 Å². The highest BCUT2D eigenvalue weighted by atomic mass is 16.5. The first-order valence-corrected chi connectivity index (χ1v) is 8.06. The summed E-state index contributed by atoms with van der Waals surface area (Å²) >= 11 is 0. The van der Waals surface area contributed by atoms with Gasteiger partial charge in [-0.25, -0.2) is 4.79 Å². The lowest BCUT2D eigenvalue weighted by molar-refractivity contribution is -0.128. The van der Waals surface area contributed by atoms with Gasteiger partial charge in [-0.2, -0.15) is 0 Å². The average molecular weight is 317 g/mol. The van der Waals surface area contributed by atoms with Crippen LogP contribution in [0.4, 0.5) is 10.5 Å². The fourth-order valence-electron chi connectivity index (χ4n) is 2.95. The lowest BCUT2D eigenvalue weighted by Crippen LogP contribution is -2.34. The van der Waals surface area contributed by atoms with Crippen molar-refractivity contribution in [2.75, 3.05) is 25.5 Å². The number of carbonyl (C=O) groups is 2. The Morgan fingerprint density at radius 2 is 2.17 bits per heavy atom. The third-order valence-corrected chi connectivity index (χ3v) is 4.47. The van der Waals surface area contributed by atoms with Crippen LogP contribution < -0.4 is 15.4 Å². The Morgan fingerprint density at radius 3 is 2.87 bits per heavy atom. The summed E-state index contributed by atoms with van der Waals surface area (Å²) in [6.07, 6.45) is 2.79. The molecule has 2 fully saturated rings. The molecule has 3 amide bonds. The fourth-order valence-corrected chi connectivity index (χ4v) is 2.95. The van der Waals surface area contributed by atoms with Crippen molar-refractivity contribution in [2.45, 2.75) is 32.2 Å². The molecule has 1 aromatic rings. The molecule has 1 atom stereocenters. The van der Waals surface area contributed by atoms with Crippen molar-refractivity contribution in [2.24, 2.45) is 5.92 Å².